The number of aliphatic carboxylic acids is 1. The molecule has 26 heavy (non-hydrogen) atoms. The van der Waals surface area contributed by atoms with Gasteiger partial charge >= 0.3 is 5.97 Å². The first-order chi connectivity index (χ1) is 12.5. The molecule has 2 aromatic carbocycles. The smallest absolute Gasteiger partial charge is 0.349 e. The lowest BCUT2D eigenvalue weighted by Gasteiger charge is -2.27. The third-order valence-corrected chi connectivity index (χ3v) is 4.55. The highest BCUT2D eigenvalue weighted by Crippen LogP contribution is 2.33. The van der Waals surface area contributed by atoms with E-state index in [1.807, 2.05) is 26.0 Å². The molecule has 0 spiro atoms. The molecule has 0 bridgehead atoms. The van der Waals surface area contributed by atoms with Gasteiger partial charge in [0.2, 0.25) is 6.17 Å². The van der Waals surface area contributed by atoms with Crippen LogP contribution in [-0.2, 0) is 4.79 Å². The Morgan fingerprint density at radius 2 is 1.92 bits per heavy atom. The number of carbonyl (C=O) groups is 1. The first-order valence-corrected chi connectivity index (χ1v) is 8.13. The van der Waals surface area contributed by atoms with Crippen LogP contribution in [-0.4, -0.2) is 25.8 Å². The summed E-state index contributed by atoms with van der Waals surface area (Å²) in [5.74, 6) is -0.867. The minimum atomic E-state index is -1.14. The normalized spacial score (nSPS) is 14.9. The molecule has 0 radical (unpaired) electrons. The molecule has 0 saturated heterocycles. The van der Waals surface area contributed by atoms with Gasteiger partial charge in [0.15, 0.2) is 11.5 Å². The molecule has 0 fully saturated rings. The van der Waals surface area contributed by atoms with Crippen molar-refractivity contribution in [1.29, 1.82) is 0 Å². The van der Waals surface area contributed by atoms with E-state index in [2.05, 4.69) is 15.4 Å². The van der Waals surface area contributed by atoms with Crippen molar-refractivity contribution in [3.05, 3.63) is 63.9 Å². The summed E-state index contributed by atoms with van der Waals surface area (Å²) in [7, 11) is 0. The second kappa shape index (κ2) is 5.80. The molecule has 2 N–H and O–H groups in total. The van der Waals surface area contributed by atoms with Crippen LogP contribution < -0.4 is 10.9 Å². The predicted octanol–water partition coefficient (Wildman–Crippen LogP) is 2.60. The number of aromatic nitrogens is 3. The van der Waals surface area contributed by atoms with E-state index in [1.54, 1.807) is 30.3 Å². The number of rotatable bonds is 2. The lowest BCUT2D eigenvalue weighted by Crippen LogP contribution is -2.35. The van der Waals surface area contributed by atoms with Crippen LogP contribution in [0.2, 0.25) is 0 Å². The molecule has 4 rings (SSSR count). The molecule has 0 aliphatic carbocycles. The van der Waals surface area contributed by atoms with Gasteiger partial charge in [-0.2, -0.15) is 10.1 Å². The van der Waals surface area contributed by atoms with E-state index in [-0.39, 0.29) is 11.5 Å². The molecule has 2 heterocycles. The van der Waals surface area contributed by atoms with Crippen molar-refractivity contribution in [2.24, 2.45) is 0 Å². The number of carboxylic acids is 1. The van der Waals surface area contributed by atoms with E-state index < -0.39 is 17.7 Å². The highest BCUT2D eigenvalue weighted by molar-refractivity contribution is 5.84. The van der Waals surface area contributed by atoms with Crippen LogP contribution in [0.15, 0.2) is 47.3 Å². The second-order valence-electron chi connectivity index (χ2n) is 6.26. The molecule has 1 aliphatic rings. The van der Waals surface area contributed by atoms with E-state index in [0.29, 0.717) is 16.8 Å². The summed E-state index contributed by atoms with van der Waals surface area (Å²) in [6.07, 6.45) is -1.14. The average Bonchev–Trinajstić information content (AvgIpc) is 2.63. The van der Waals surface area contributed by atoms with E-state index in [1.165, 1.54) is 4.68 Å². The minimum Gasteiger partial charge on any atom is -0.478 e. The number of benzene rings is 2. The van der Waals surface area contributed by atoms with Gasteiger partial charge in [0.1, 0.15) is 0 Å². The van der Waals surface area contributed by atoms with Crippen molar-refractivity contribution in [2.45, 2.75) is 20.0 Å². The molecule has 3 aromatic rings. The first-order valence-electron chi connectivity index (χ1n) is 8.13. The monoisotopic (exact) mass is 348 g/mol. The molecule has 0 unspecified atom stereocenters. The third-order valence-electron chi connectivity index (χ3n) is 4.55. The van der Waals surface area contributed by atoms with Crippen molar-refractivity contribution in [2.75, 3.05) is 5.32 Å². The molecule has 7 heteroatoms. The molecule has 0 saturated carbocycles. The molecule has 130 valence electrons. The Labute approximate surface area is 149 Å². The molecule has 0 amide bonds. The van der Waals surface area contributed by atoms with Gasteiger partial charge in [-0.25, -0.2) is 9.48 Å². The number of nitrogens with zero attached hydrogens (tertiary/aromatic N) is 3. The zero-order valence-electron chi connectivity index (χ0n) is 14.2. The standard InChI is InChI=1S/C19H16N4O3/c1-10-7-8-12(9-11(10)2)15-18(24)21-16-13-5-3-4-6-14(13)20-17(19(25)26)23(16)22-15/h3-9,17,20H,1-2H3,(H,25,26)/t17-/m1/s1. The quantitative estimate of drug-likeness (QED) is 0.739. The van der Waals surface area contributed by atoms with E-state index in [9.17, 15) is 14.7 Å². The Kier molecular flexibility index (Phi) is 3.57. The second-order valence-corrected chi connectivity index (χ2v) is 6.26. The molecule has 1 atom stereocenters. The summed E-state index contributed by atoms with van der Waals surface area (Å²) in [5.41, 5.74) is 3.62. The largest absolute Gasteiger partial charge is 0.478 e. The Morgan fingerprint density at radius 3 is 2.65 bits per heavy atom. The topological polar surface area (TPSA) is 97.1 Å². The maximum Gasteiger partial charge on any atom is 0.349 e. The number of nitrogens with one attached hydrogen (secondary N) is 1. The van der Waals surface area contributed by atoms with Gasteiger partial charge in [-0.3, -0.25) is 4.79 Å². The van der Waals surface area contributed by atoms with Crippen molar-refractivity contribution in [1.82, 2.24) is 14.8 Å². The fourth-order valence-electron chi connectivity index (χ4n) is 3.01. The van der Waals surface area contributed by atoms with Gasteiger partial charge in [0, 0.05) is 16.8 Å². The van der Waals surface area contributed by atoms with E-state index >= 15 is 0 Å². The van der Waals surface area contributed by atoms with Crippen molar-refractivity contribution in [3.8, 4) is 22.6 Å². The van der Waals surface area contributed by atoms with E-state index in [0.717, 1.165) is 11.1 Å². The van der Waals surface area contributed by atoms with Crippen LogP contribution in [0.1, 0.15) is 17.3 Å². The highest BCUT2D eigenvalue weighted by atomic mass is 16.4. The number of aryl methyl sites for hydroxylation is 2. The number of hydrogen-bond acceptors (Lipinski definition) is 5. The maximum atomic E-state index is 12.6. The highest BCUT2D eigenvalue weighted by Gasteiger charge is 2.31. The summed E-state index contributed by atoms with van der Waals surface area (Å²) in [4.78, 5) is 28.5. The fraction of sp³-hybridized carbons (Fsp3) is 0.158. The van der Waals surface area contributed by atoms with Crippen LogP contribution in [0.4, 0.5) is 5.69 Å². The fourth-order valence-corrected chi connectivity index (χ4v) is 3.01. The summed E-state index contributed by atoms with van der Waals surface area (Å²) < 4.78 is 1.26. The van der Waals surface area contributed by atoms with Crippen LogP contribution in [0.3, 0.4) is 0 Å². The Morgan fingerprint density at radius 1 is 1.15 bits per heavy atom. The number of para-hydroxylation sites is 1. The predicted molar refractivity (Wildman–Crippen MR) is 96.9 cm³/mol. The van der Waals surface area contributed by atoms with Crippen molar-refractivity contribution < 1.29 is 9.90 Å². The summed E-state index contributed by atoms with van der Waals surface area (Å²) in [6, 6.07) is 12.7. The van der Waals surface area contributed by atoms with Crippen LogP contribution in [0.25, 0.3) is 22.6 Å². The van der Waals surface area contributed by atoms with Gasteiger partial charge in [-0.1, -0.05) is 24.3 Å². The zero-order chi connectivity index (χ0) is 18.4. The lowest BCUT2D eigenvalue weighted by atomic mass is 10.0. The summed E-state index contributed by atoms with van der Waals surface area (Å²) >= 11 is 0. The molecular weight excluding hydrogens is 332 g/mol. The zero-order valence-corrected chi connectivity index (χ0v) is 14.2. The third kappa shape index (κ3) is 2.45. The number of fused-ring (bicyclic) bond motifs is 3. The summed E-state index contributed by atoms with van der Waals surface area (Å²) in [5, 5.41) is 16.9. The van der Waals surface area contributed by atoms with Crippen molar-refractivity contribution >= 4 is 11.7 Å². The summed E-state index contributed by atoms with van der Waals surface area (Å²) in [6.45, 7) is 3.92. The van der Waals surface area contributed by atoms with E-state index in [4.69, 9.17) is 0 Å². The molecule has 1 aromatic heterocycles. The Hall–Kier alpha value is -3.48. The first kappa shape index (κ1) is 16.0. The number of carboxylic acid groups (broad SMARTS) is 1. The minimum absolute atomic E-state index is 0.129. The Bertz CT molecular complexity index is 1100. The van der Waals surface area contributed by atoms with Gasteiger partial charge in [-0.15, -0.1) is 0 Å². The van der Waals surface area contributed by atoms with Crippen LogP contribution in [0, 0.1) is 13.8 Å². The van der Waals surface area contributed by atoms with Crippen LogP contribution in [0.5, 0.6) is 0 Å². The lowest BCUT2D eigenvalue weighted by molar-refractivity contribution is -0.140. The van der Waals surface area contributed by atoms with Gasteiger partial charge < -0.3 is 10.4 Å². The molecule has 7 nitrogen and oxygen atoms in total. The Balaban J connectivity index is 1.97. The number of hydrogen-bond donors (Lipinski definition) is 2. The molecule has 1 aliphatic heterocycles. The van der Waals surface area contributed by atoms with Gasteiger partial charge in [0.05, 0.1) is 0 Å². The molecular formula is C19H16N4O3. The van der Waals surface area contributed by atoms with Crippen molar-refractivity contribution in [3.63, 3.8) is 0 Å². The van der Waals surface area contributed by atoms with Crippen LogP contribution >= 0.6 is 0 Å². The number of anilines is 1. The SMILES string of the molecule is Cc1ccc(-c2nn3c(nc2=O)-c2ccccc2N[C@H]3C(=O)O)cc1C. The average molecular weight is 348 g/mol. The van der Waals surface area contributed by atoms with Gasteiger partial charge in [0.25, 0.3) is 5.56 Å². The maximum absolute atomic E-state index is 12.6. The van der Waals surface area contributed by atoms with Gasteiger partial charge in [-0.05, 0) is 43.2 Å².